The third-order valence-corrected chi connectivity index (χ3v) is 4.34. The number of nitrogens with one attached hydrogen (secondary N) is 1. The normalized spacial score (nSPS) is 16.2. The van der Waals surface area contributed by atoms with Crippen molar-refractivity contribution >= 4 is 21.4 Å². The van der Waals surface area contributed by atoms with Crippen molar-refractivity contribution < 1.29 is 18.4 Å². The SMILES string of the molecule is CNS(=O)(=O)c1ccc(N2CC(O)C2)c([N+](=O)[O-])c1. The number of anilines is 1. The quantitative estimate of drug-likeness (QED) is 0.580. The molecule has 1 fully saturated rings. The first-order valence-corrected chi connectivity index (χ1v) is 6.98. The van der Waals surface area contributed by atoms with Gasteiger partial charge in [-0.1, -0.05) is 0 Å². The van der Waals surface area contributed by atoms with Crippen LogP contribution in [0.1, 0.15) is 0 Å². The van der Waals surface area contributed by atoms with E-state index in [9.17, 15) is 23.6 Å². The third kappa shape index (κ3) is 2.53. The first-order chi connectivity index (χ1) is 8.85. The van der Waals surface area contributed by atoms with Crippen molar-refractivity contribution in [2.75, 3.05) is 25.0 Å². The van der Waals surface area contributed by atoms with Crippen LogP contribution in [0.15, 0.2) is 23.1 Å². The molecule has 1 saturated heterocycles. The minimum atomic E-state index is -3.72. The Kier molecular flexibility index (Phi) is 3.43. The second kappa shape index (κ2) is 4.76. The van der Waals surface area contributed by atoms with E-state index in [1.165, 1.54) is 19.2 Å². The maximum Gasteiger partial charge on any atom is 0.293 e. The molecule has 104 valence electrons. The van der Waals surface area contributed by atoms with Crippen LogP contribution in [-0.4, -0.2) is 44.7 Å². The molecule has 1 aromatic carbocycles. The van der Waals surface area contributed by atoms with E-state index in [4.69, 9.17) is 0 Å². The Morgan fingerprint density at radius 1 is 1.47 bits per heavy atom. The summed E-state index contributed by atoms with van der Waals surface area (Å²) in [6, 6.07) is 3.71. The summed E-state index contributed by atoms with van der Waals surface area (Å²) in [4.78, 5) is 11.8. The van der Waals surface area contributed by atoms with Crippen LogP contribution in [0.25, 0.3) is 0 Å². The number of nitro groups is 1. The average molecular weight is 287 g/mol. The summed E-state index contributed by atoms with van der Waals surface area (Å²) in [6.07, 6.45) is -0.500. The second-order valence-corrected chi connectivity index (χ2v) is 6.06. The molecular formula is C10H13N3O5S. The molecule has 1 aliphatic rings. The molecule has 0 unspecified atom stereocenters. The molecule has 0 aromatic heterocycles. The second-order valence-electron chi connectivity index (χ2n) is 4.17. The van der Waals surface area contributed by atoms with E-state index < -0.39 is 21.1 Å². The maximum atomic E-state index is 11.6. The van der Waals surface area contributed by atoms with Crippen LogP contribution in [0, 0.1) is 10.1 Å². The Morgan fingerprint density at radius 2 is 2.11 bits per heavy atom. The summed E-state index contributed by atoms with van der Waals surface area (Å²) in [5, 5.41) is 20.2. The molecule has 1 heterocycles. The number of aliphatic hydroxyl groups is 1. The van der Waals surface area contributed by atoms with Gasteiger partial charge in [0, 0.05) is 19.2 Å². The van der Waals surface area contributed by atoms with Crippen LogP contribution in [0.2, 0.25) is 0 Å². The molecule has 0 amide bonds. The van der Waals surface area contributed by atoms with Gasteiger partial charge in [0.1, 0.15) is 5.69 Å². The Morgan fingerprint density at radius 3 is 2.58 bits per heavy atom. The topological polar surface area (TPSA) is 113 Å². The predicted octanol–water partition coefficient (Wildman–Crippen LogP) is -0.316. The minimum Gasteiger partial charge on any atom is -0.389 e. The predicted molar refractivity (Wildman–Crippen MR) is 67.6 cm³/mol. The van der Waals surface area contributed by atoms with Gasteiger partial charge in [0.2, 0.25) is 10.0 Å². The van der Waals surface area contributed by atoms with Crippen LogP contribution in [0.5, 0.6) is 0 Å². The van der Waals surface area contributed by atoms with Gasteiger partial charge in [0.25, 0.3) is 5.69 Å². The van der Waals surface area contributed by atoms with Crippen LogP contribution >= 0.6 is 0 Å². The largest absolute Gasteiger partial charge is 0.389 e. The summed E-state index contributed by atoms with van der Waals surface area (Å²) >= 11 is 0. The molecule has 0 saturated carbocycles. The summed E-state index contributed by atoms with van der Waals surface area (Å²) in [6.45, 7) is 0.609. The van der Waals surface area contributed by atoms with Crippen LogP contribution in [0.3, 0.4) is 0 Å². The van der Waals surface area contributed by atoms with E-state index in [2.05, 4.69) is 4.72 Å². The molecule has 19 heavy (non-hydrogen) atoms. The Labute approximate surface area is 109 Å². The van der Waals surface area contributed by atoms with E-state index in [-0.39, 0.29) is 10.6 Å². The summed E-state index contributed by atoms with van der Waals surface area (Å²) in [7, 11) is -2.48. The van der Waals surface area contributed by atoms with E-state index >= 15 is 0 Å². The molecule has 0 spiro atoms. The van der Waals surface area contributed by atoms with Gasteiger partial charge in [-0.3, -0.25) is 10.1 Å². The van der Waals surface area contributed by atoms with E-state index in [0.29, 0.717) is 18.8 Å². The molecule has 2 N–H and O–H groups in total. The van der Waals surface area contributed by atoms with Crippen molar-refractivity contribution in [3.8, 4) is 0 Å². The lowest BCUT2D eigenvalue weighted by Gasteiger charge is -2.37. The molecule has 0 atom stereocenters. The summed E-state index contributed by atoms with van der Waals surface area (Å²) < 4.78 is 25.3. The molecule has 9 heteroatoms. The number of rotatable bonds is 4. The lowest BCUT2D eigenvalue weighted by Crippen LogP contribution is -2.51. The number of aliphatic hydroxyl groups excluding tert-OH is 1. The number of nitrogens with zero attached hydrogens (tertiary/aromatic N) is 2. The highest BCUT2D eigenvalue weighted by atomic mass is 32.2. The van der Waals surface area contributed by atoms with Gasteiger partial charge in [-0.25, -0.2) is 13.1 Å². The summed E-state index contributed by atoms with van der Waals surface area (Å²) in [5.41, 5.74) is 0.0218. The van der Waals surface area contributed by atoms with Gasteiger partial charge < -0.3 is 10.0 Å². The third-order valence-electron chi connectivity index (χ3n) is 2.93. The van der Waals surface area contributed by atoms with Crippen molar-refractivity contribution in [1.29, 1.82) is 0 Å². The van der Waals surface area contributed by atoms with Gasteiger partial charge in [-0.15, -0.1) is 0 Å². The summed E-state index contributed by atoms with van der Waals surface area (Å²) in [5.74, 6) is 0. The average Bonchev–Trinajstić information content (AvgIpc) is 2.34. The Hall–Kier alpha value is -1.71. The zero-order chi connectivity index (χ0) is 14.2. The van der Waals surface area contributed by atoms with E-state index in [0.717, 1.165) is 6.07 Å². The van der Waals surface area contributed by atoms with Gasteiger partial charge >= 0.3 is 0 Å². The molecule has 0 bridgehead atoms. The fraction of sp³-hybridized carbons (Fsp3) is 0.400. The Balaban J connectivity index is 2.45. The number of hydrogen-bond acceptors (Lipinski definition) is 6. The first kappa shape index (κ1) is 13.7. The van der Waals surface area contributed by atoms with Gasteiger partial charge in [0.05, 0.1) is 15.9 Å². The molecule has 2 rings (SSSR count). The molecule has 0 radical (unpaired) electrons. The molecule has 8 nitrogen and oxygen atoms in total. The molecule has 1 aromatic rings. The standard InChI is InChI=1S/C10H13N3O5S/c1-11-19(17,18)8-2-3-9(10(4-8)13(15)16)12-5-7(14)6-12/h2-4,7,11,14H,5-6H2,1H3. The smallest absolute Gasteiger partial charge is 0.293 e. The Bertz CT molecular complexity index is 610. The lowest BCUT2D eigenvalue weighted by atomic mass is 10.1. The van der Waals surface area contributed by atoms with Crippen molar-refractivity contribution in [2.45, 2.75) is 11.0 Å². The monoisotopic (exact) mass is 287 g/mol. The number of nitro benzene ring substituents is 1. The minimum absolute atomic E-state index is 0.161. The number of benzene rings is 1. The van der Waals surface area contributed by atoms with Crippen molar-refractivity contribution in [3.63, 3.8) is 0 Å². The van der Waals surface area contributed by atoms with Gasteiger partial charge in [-0.2, -0.15) is 0 Å². The highest BCUT2D eigenvalue weighted by Crippen LogP contribution is 2.33. The fourth-order valence-electron chi connectivity index (χ4n) is 1.85. The maximum absolute atomic E-state index is 11.6. The molecular weight excluding hydrogens is 274 g/mol. The molecule has 0 aliphatic carbocycles. The van der Waals surface area contributed by atoms with Gasteiger partial charge in [0.15, 0.2) is 0 Å². The van der Waals surface area contributed by atoms with Crippen LogP contribution in [-0.2, 0) is 10.0 Å². The van der Waals surface area contributed by atoms with E-state index in [1.54, 1.807) is 4.90 Å². The van der Waals surface area contributed by atoms with Crippen LogP contribution in [0.4, 0.5) is 11.4 Å². The molecule has 1 aliphatic heterocycles. The van der Waals surface area contributed by atoms with Crippen LogP contribution < -0.4 is 9.62 Å². The first-order valence-electron chi connectivity index (χ1n) is 5.50. The zero-order valence-electron chi connectivity index (χ0n) is 10.1. The number of sulfonamides is 1. The fourth-order valence-corrected chi connectivity index (χ4v) is 2.60. The van der Waals surface area contributed by atoms with Gasteiger partial charge in [-0.05, 0) is 19.2 Å². The zero-order valence-corrected chi connectivity index (χ0v) is 10.9. The highest BCUT2D eigenvalue weighted by molar-refractivity contribution is 7.89. The van der Waals surface area contributed by atoms with Crippen molar-refractivity contribution in [1.82, 2.24) is 4.72 Å². The highest BCUT2D eigenvalue weighted by Gasteiger charge is 2.31. The number of β-amino-alcohol motifs (C(OH)–C–C–N with tert-alkyl or cyclic N) is 1. The number of hydrogen-bond donors (Lipinski definition) is 2. The van der Waals surface area contributed by atoms with Crippen molar-refractivity contribution in [3.05, 3.63) is 28.3 Å². The van der Waals surface area contributed by atoms with Crippen molar-refractivity contribution in [2.24, 2.45) is 0 Å². The van der Waals surface area contributed by atoms with E-state index in [1.807, 2.05) is 0 Å². The lowest BCUT2D eigenvalue weighted by molar-refractivity contribution is -0.384.